The molecule has 1 fully saturated rings. The predicted octanol–water partition coefficient (Wildman–Crippen LogP) is 0.368. The van der Waals surface area contributed by atoms with E-state index in [2.05, 4.69) is 4.98 Å². The van der Waals surface area contributed by atoms with E-state index in [9.17, 15) is 14.3 Å². The highest BCUT2D eigenvalue weighted by molar-refractivity contribution is 5.76. The first-order valence-corrected chi connectivity index (χ1v) is 6.61. The van der Waals surface area contributed by atoms with Crippen LogP contribution in [0.4, 0.5) is 10.2 Å². The van der Waals surface area contributed by atoms with Crippen molar-refractivity contribution in [3.63, 3.8) is 0 Å². The third-order valence-corrected chi connectivity index (χ3v) is 3.59. The molecule has 1 aliphatic rings. The van der Waals surface area contributed by atoms with Gasteiger partial charge in [0.05, 0.1) is 11.7 Å². The highest BCUT2D eigenvalue weighted by Crippen LogP contribution is 2.27. The fourth-order valence-corrected chi connectivity index (χ4v) is 2.36. The van der Waals surface area contributed by atoms with Crippen molar-refractivity contribution in [2.45, 2.75) is 12.5 Å². The average molecular weight is 292 g/mol. The Morgan fingerprint density at radius 1 is 1.62 bits per heavy atom. The van der Waals surface area contributed by atoms with Gasteiger partial charge in [0.1, 0.15) is 6.07 Å². The maximum absolute atomic E-state index is 13.9. The number of carbonyl (C=O) groups excluding carboxylic acids is 1. The molecule has 1 amide bonds. The van der Waals surface area contributed by atoms with Crippen molar-refractivity contribution in [3.8, 4) is 6.07 Å². The third-order valence-electron chi connectivity index (χ3n) is 3.59. The molecule has 1 N–H and O–H groups in total. The molecule has 0 bridgehead atoms. The number of aliphatic hydroxyl groups is 1. The summed E-state index contributed by atoms with van der Waals surface area (Å²) in [5.41, 5.74) is 0.148. The normalized spacial score (nSPS) is 21.2. The van der Waals surface area contributed by atoms with Crippen LogP contribution in [-0.2, 0) is 4.79 Å². The van der Waals surface area contributed by atoms with Gasteiger partial charge < -0.3 is 14.9 Å². The molecule has 2 rings (SSSR count). The number of anilines is 1. The molecule has 112 valence electrons. The van der Waals surface area contributed by atoms with Gasteiger partial charge in [-0.2, -0.15) is 5.26 Å². The largest absolute Gasteiger partial charge is 0.391 e. The van der Waals surface area contributed by atoms with E-state index in [4.69, 9.17) is 5.26 Å². The fourth-order valence-electron chi connectivity index (χ4n) is 2.36. The van der Waals surface area contributed by atoms with Gasteiger partial charge in [0.2, 0.25) is 5.91 Å². The van der Waals surface area contributed by atoms with E-state index in [1.165, 1.54) is 11.1 Å². The molecule has 21 heavy (non-hydrogen) atoms. The highest BCUT2D eigenvalue weighted by atomic mass is 19.1. The van der Waals surface area contributed by atoms with E-state index in [0.29, 0.717) is 6.54 Å². The lowest BCUT2D eigenvalue weighted by Gasteiger charge is -2.18. The molecule has 1 saturated heterocycles. The Labute approximate surface area is 122 Å². The highest BCUT2D eigenvalue weighted by Gasteiger charge is 2.34. The predicted molar refractivity (Wildman–Crippen MR) is 73.9 cm³/mol. The molecular weight excluding hydrogens is 275 g/mol. The summed E-state index contributed by atoms with van der Waals surface area (Å²) in [4.78, 5) is 18.7. The van der Waals surface area contributed by atoms with Crippen molar-refractivity contribution in [1.82, 2.24) is 9.88 Å². The molecule has 1 aliphatic heterocycles. The topological polar surface area (TPSA) is 80.5 Å². The monoisotopic (exact) mass is 292 g/mol. The third kappa shape index (κ3) is 3.28. The van der Waals surface area contributed by atoms with E-state index in [-0.39, 0.29) is 36.2 Å². The van der Waals surface area contributed by atoms with Crippen LogP contribution in [0.2, 0.25) is 0 Å². The van der Waals surface area contributed by atoms with Gasteiger partial charge in [0.25, 0.3) is 0 Å². The fraction of sp³-hybridized carbons (Fsp3) is 0.500. The van der Waals surface area contributed by atoms with E-state index in [0.717, 1.165) is 6.07 Å². The number of β-amino-alcohol motifs (C(OH)–C–C–N with tert-alkyl or cyclic N) is 1. The van der Waals surface area contributed by atoms with E-state index < -0.39 is 11.9 Å². The Hall–Kier alpha value is -2.20. The van der Waals surface area contributed by atoms with Gasteiger partial charge in [-0.15, -0.1) is 0 Å². The van der Waals surface area contributed by atoms with Crippen LogP contribution in [0, 0.1) is 23.1 Å². The van der Waals surface area contributed by atoms with Gasteiger partial charge in [-0.3, -0.25) is 4.79 Å². The molecular formula is C14H17FN4O2. The maximum atomic E-state index is 13.9. The first-order chi connectivity index (χ1) is 9.92. The maximum Gasteiger partial charge on any atom is 0.222 e. The molecule has 0 saturated carbocycles. The minimum atomic E-state index is -0.703. The zero-order valence-corrected chi connectivity index (χ0v) is 12.0. The van der Waals surface area contributed by atoms with Crippen molar-refractivity contribution in [2.24, 2.45) is 5.92 Å². The Morgan fingerprint density at radius 2 is 2.33 bits per heavy atom. The number of nitrogens with zero attached hydrogens (tertiary/aromatic N) is 4. The van der Waals surface area contributed by atoms with Crippen molar-refractivity contribution in [1.29, 1.82) is 5.26 Å². The zero-order chi connectivity index (χ0) is 15.6. The Morgan fingerprint density at radius 3 is 2.90 bits per heavy atom. The number of carbonyl (C=O) groups is 1. The molecule has 2 heterocycles. The first kappa shape index (κ1) is 15.2. The lowest BCUT2D eigenvalue weighted by atomic mass is 10.0. The van der Waals surface area contributed by atoms with Crippen LogP contribution >= 0.6 is 0 Å². The summed E-state index contributed by atoms with van der Waals surface area (Å²) in [6.07, 6.45) is 0.803. The van der Waals surface area contributed by atoms with Crippen molar-refractivity contribution < 1.29 is 14.3 Å². The van der Waals surface area contributed by atoms with Crippen LogP contribution in [0.3, 0.4) is 0 Å². The van der Waals surface area contributed by atoms with Crippen LogP contribution in [0.1, 0.15) is 12.0 Å². The van der Waals surface area contributed by atoms with Gasteiger partial charge >= 0.3 is 0 Å². The molecule has 0 spiro atoms. The number of hydrogen-bond acceptors (Lipinski definition) is 5. The first-order valence-electron chi connectivity index (χ1n) is 6.61. The lowest BCUT2D eigenvalue weighted by molar-refractivity contribution is -0.130. The van der Waals surface area contributed by atoms with Crippen LogP contribution in [0.25, 0.3) is 0 Å². The number of rotatable bonds is 3. The number of aromatic nitrogens is 1. The number of halogens is 1. The minimum Gasteiger partial charge on any atom is -0.391 e. The summed E-state index contributed by atoms with van der Waals surface area (Å²) >= 11 is 0. The smallest absolute Gasteiger partial charge is 0.222 e. The summed E-state index contributed by atoms with van der Waals surface area (Å²) in [6, 6.07) is 2.94. The van der Waals surface area contributed by atoms with Crippen LogP contribution in [0.5, 0.6) is 0 Å². The number of hydrogen-bond donors (Lipinski definition) is 1. The second kappa shape index (κ2) is 6.06. The summed E-state index contributed by atoms with van der Waals surface area (Å²) < 4.78 is 13.9. The minimum absolute atomic E-state index is 0.0749. The number of amides is 1. The van der Waals surface area contributed by atoms with Crippen LogP contribution < -0.4 is 4.90 Å². The Balaban J connectivity index is 2.10. The molecule has 2 atom stereocenters. The van der Waals surface area contributed by atoms with E-state index in [1.807, 2.05) is 6.07 Å². The molecule has 0 radical (unpaired) electrons. The molecule has 7 heteroatoms. The molecule has 0 aliphatic carbocycles. The molecule has 0 unspecified atom stereocenters. The van der Waals surface area contributed by atoms with Gasteiger partial charge in [-0.1, -0.05) is 0 Å². The van der Waals surface area contributed by atoms with Crippen molar-refractivity contribution in [2.75, 3.05) is 32.1 Å². The summed E-state index contributed by atoms with van der Waals surface area (Å²) in [5.74, 6) is -0.820. The summed E-state index contributed by atoms with van der Waals surface area (Å²) in [7, 11) is 3.31. The number of pyridine rings is 1. The van der Waals surface area contributed by atoms with Crippen LogP contribution in [-0.4, -0.2) is 54.2 Å². The molecule has 0 aromatic carbocycles. The second-order valence-electron chi connectivity index (χ2n) is 5.37. The van der Waals surface area contributed by atoms with Gasteiger partial charge in [0.15, 0.2) is 11.6 Å². The van der Waals surface area contributed by atoms with E-state index in [1.54, 1.807) is 19.0 Å². The molecule has 1 aromatic heterocycles. The number of aliphatic hydroxyl groups excluding tert-OH is 1. The Kier molecular flexibility index (Phi) is 4.38. The summed E-state index contributed by atoms with van der Waals surface area (Å²) in [5, 5.41) is 18.7. The summed E-state index contributed by atoms with van der Waals surface area (Å²) in [6.45, 7) is 0.581. The van der Waals surface area contributed by atoms with Gasteiger partial charge in [-0.25, -0.2) is 9.37 Å². The standard InChI is InChI=1S/C14H17FN4O2/c1-18(2)13(21)4-10-7-19(8-12(10)20)14-11(15)3-9(5-16)6-17-14/h3,6,10,12,20H,4,7-8H2,1-2H3/t10-,12-/m1/s1. The average Bonchev–Trinajstić information content (AvgIpc) is 2.79. The van der Waals surface area contributed by atoms with Crippen molar-refractivity contribution >= 4 is 11.7 Å². The molecule has 1 aromatic rings. The number of nitriles is 1. The quantitative estimate of drug-likeness (QED) is 0.870. The van der Waals surface area contributed by atoms with Gasteiger partial charge in [0, 0.05) is 45.7 Å². The SMILES string of the molecule is CN(C)C(=O)C[C@@H]1CN(c2ncc(C#N)cc2F)C[C@H]1O. The lowest BCUT2D eigenvalue weighted by Crippen LogP contribution is -2.28. The zero-order valence-electron chi connectivity index (χ0n) is 12.0. The van der Waals surface area contributed by atoms with Crippen LogP contribution in [0.15, 0.2) is 12.3 Å². The van der Waals surface area contributed by atoms with Crippen molar-refractivity contribution in [3.05, 3.63) is 23.6 Å². The second-order valence-corrected chi connectivity index (χ2v) is 5.37. The Bertz CT molecular complexity index is 585. The van der Waals surface area contributed by atoms with Gasteiger partial charge in [-0.05, 0) is 6.07 Å². The van der Waals surface area contributed by atoms with E-state index >= 15 is 0 Å². The molecule has 6 nitrogen and oxygen atoms in total.